The number of furan rings is 1. The minimum atomic E-state index is -0.688. The quantitative estimate of drug-likeness (QED) is 0.252. The lowest BCUT2D eigenvalue weighted by atomic mass is 10.1. The van der Waals surface area contributed by atoms with Crippen LogP contribution in [0.3, 0.4) is 0 Å². The first-order valence-electron chi connectivity index (χ1n) is 12.4. The molecule has 0 bridgehead atoms. The fourth-order valence-electron chi connectivity index (χ4n) is 4.09. The third-order valence-corrected chi connectivity index (χ3v) is 5.73. The summed E-state index contributed by atoms with van der Waals surface area (Å²) in [6, 6.07) is 19.5. The van der Waals surface area contributed by atoms with E-state index in [4.69, 9.17) is 19.0 Å². The van der Waals surface area contributed by atoms with E-state index in [-0.39, 0.29) is 12.4 Å². The molecule has 0 fully saturated rings. The van der Waals surface area contributed by atoms with Gasteiger partial charge in [-0.2, -0.15) is 5.10 Å². The first-order valence-corrected chi connectivity index (χ1v) is 12.4. The molecule has 7 nitrogen and oxygen atoms in total. The first kappa shape index (κ1) is 26.6. The Morgan fingerprint density at radius 2 is 1.76 bits per heavy atom. The van der Waals surface area contributed by atoms with Crippen molar-refractivity contribution in [2.24, 2.45) is 13.0 Å². The van der Waals surface area contributed by atoms with Crippen molar-refractivity contribution in [1.29, 1.82) is 0 Å². The smallest absolute Gasteiger partial charge is 0.222 e. The summed E-state index contributed by atoms with van der Waals surface area (Å²) in [6.07, 6.45) is 0.949. The zero-order chi connectivity index (χ0) is 26.2. The van der Waals surface area contributed by atoms with Gasteiger partial charge in [0.15, 0.2) is 0 Å². The van der Waals surface area contributed by atoms with E-state index in [1.807, 2.05) is 49.5 Å². The molecule has 8 heteroatoms. The van der Waals surface area contributed by atoms with E-state index in [9.17, 15) is 9.50 Å². The van der Waals surface area contributed by atoms with Crippen LogP contribution in [0.5, 0.6) is 11.6 Å². The molecule has 0 saturated carbocycles. The van der Waals surface area contributed by atoms with Gasteiger partial charge in [0.2, 0.25) is 5.88 Å². The maximum atomic E-state index is 13.5. The number of aliphatic hydroxyl groups excluding tert-OH is 1. The number of aryl methyl sites for hydroxylation is 1. The number of hydrogen-bond donors (Lipinski definition) is 1. The number of rotatable bonds is 13. The van der Waals surface area contributed by atoms with Gasteiger partial charge >= 0.3 is 0 Å². The lowest BCUT2D eigenvalue weighted by Crippen LogP contribution is -2.34. The predicted molar refractivity (Wildman–Crippen MR) is 140 cm³/mol. The monoisotopic (exact) mass is 507 g/mol. The molecule has 4 rings (SSSR count). The molecule has 196 valence electrons. The largest absolute Gasteiger partial charge is 0.468 e. The van der Waals surface area contributed by atoms with E-state index >= 15 is 0 Å². The zero-order valence-electron chi connectivity index (χ0n) is 21.5. The SMILES string of the molecule is CC(C)COCC(O)CN(Cc1ccco1)Cc1c(-c2ccccc2)nn(C)c1Oc1ccc(F)cc1. The molecule has 0 radical (unpaired) electrons. The van der Waals surface area contributed by atoms with Crippen molar-refractivity contribution in [3.63, 3.8) is 0 Å². The Labute approximate surface area is 217 Å². The van der Waals surface area contributed by atoms with Crippen LogP contribution in [-0.2, 0) is 24.9 Å². The van der Waals surface area contributed by atoms with Crippen molar-refractivity contribution in [2.75, 3.05) is 19.8 Å². The van der Waals surface area contributed by atoms with E-state index in [1.165, 1.54) is 12.1 Å². The van der Waals surface area contributed by atoms with Gasteiger partial charge in [0.25, 0.3) is 0 Å². The summed E-state index contributed by atoms with van der Waals surface area (Å²) in [5.74, 6) is 1.88. The first-order chi connectivity index (χ1) is 17.9. The summed E-state index contributed by atoms with van der Waals surface area (Å²) in [5, 5.41) is 15.5. The Morgan fingerprint density at radius 1 is 1.00 bits per heavy atom. The number of ether oxygens (including phenoxy) is 2. The average molecular weight is 508 g/mol. The van der Waals surface area contributed by atoms with Crippen LogP contribution in [0.15, 0.2) is 77.4 Å². The van der Waals surface area contributed by atoms with Crippen LogP contribution in [0.4, 0.5) is 4.39 Å². The highest BCUT2D eigenvalue weighted by Gasteiger charge is 2.24. The Hall–Kier alpha value is -3.46. The van der Waals surface area contributed by atoms with Gasteiger partial charge in [-0.1, -0.05) is 44.2 Å². The number of aliphatic hydroxyl groups is 1. The maximum absolute atomic E-state index is 13.5. The summed E-state index contributed by atoms with van der Waals surface area (Å²) in [7, 11) is 1.82. The molecule has 0 aliphatic rings. The van der Waals surface area contributed by atoms with Gasteiger partial charge in [-0.05, 0) is 42.3 Å². The second-order valence-corrected chi connectivity index (χ2v) is 9.51. The molecule has 1 unspecified atom stereocenters. The topological polar surface area (TPSA) is 72.9 Å². The Bertz CT molecular complexity index is 1220. The molecular weight excluding hydrogens is 473 g/mol. The molecule has 2 aromatic carbocycles. The second-order valence-electron chi connectivity index (χ2n) is 9.51. The van der Waals surface area contributed by atoms with Gasteiger partial charge in [0, 0.05) is 32.3 Å². The summed E-state index contributed by atoms with van der Waals surface area (Å²) in [5.41, 5.74) is 2.57. The number of aromatic nitrogens is 2. The van der Waals surface area contributed by atoms with Crippen molar-refractivity contribution in [1.82, 2.24) is 14.7 Å². The molecule has 1 atom stereocenters. The molecule has 0 saturated heterocycles. The van der Waals surface area contributed by atoms with E-state index in [1.54, 1.807) is 23.1 Å². The number of halogens is 1. The van der Waals surface area contributed by atoms with Crippen LogP contribution < -0.4 is 4.74 Å². The van der Waals surface area contributed by atoms with Crippen LogP contribution in [0.1, 0.15) is 25.2 Å². The standard InChI is InChI=1S/C29H34FN3O4/c1-21(2)19-35-20-24(34)16-33(17-26-10-7-15-36-26)18-27-28(22-8-5-4-6-9-22)31-32(3)29(27)37-25-13-11-23(30)12-14-25/h4-15,21,24,34H,16-20H2,1-3H3. The highest BCUT2D eigenvalue weighted by atomic mass is 19.1. The van der Waals surface area contributed by atoms with E-state index in [2.05, 4.69) is 18.7 Å². The molecule has 37 heavy (non-hydrogen) atoms. The van der Waals surface area contributed by atoms with Crippen LogP contribution in [0.25, 0.3) is 11.3 Å². The van der Waals surface area contributed by atoms with Crippen LogP contribution >= 0.6 is 0 Å². The molecule has 2 aromatic heterocycles. The van der Waals surface area contributed by atoms with Crippen molar-refractivity contribution in [3.8, 4) is 22.9 Å². The van der Waals surface area contributed by atoms with Crippen molar-refractivity contribution < 1.29 is 23.4 Å². The van der Waals surface area contributed by atoms with E-state index in [0.29, 0.717) is 43.8 Å². The Balaban J connectivity index is 1.65. The molecule has 0 spiro atoms. The lowest BCUT2D eigenvalue weighted by molar-refractivity contribution is 0.00453. The van der Waals surface area contributed by atoms with E-state index in [0.717, 1.165) is 22.6 Å². The molecule has 0 amide bonds. The van der Waals surface area contributed by atoms with Gasteiger partial charge in [0.05, 0.1) is 31.1 Å². The minimum absolute atomic E-state index is 0.240. The summed E-state index contributed by atoms with van der Waals surface area (Å²) in [4.78, 5) is 2.09. The zero-order valence-corrected chi connectivity index (χ0v) is 21.5. The lowest BCUT2D eigenvalue weighted by Gasteiger charge is -2.25. The average Bonchev–Trinajstić information content (AvgIpc) is 3.49. The van der Waals surface area contributed by atoms with Gasteiger partial charge in [-0.25, -0.2) is 9.07 Å². The third kappa shape index (κ3) is 7.52. The third-order valence-electron chi connectivity index (χ3n) is 5.73. The number of benzene rings is 2. The molecule has 4 aromatic rings. The number of nitrogens with zero attached hydrogens (tertiary/aromatic N) is 3. The normalized spacial score (nSPS) is 12.4. The van der Waals surface area contributed by atoms with Gasteiger partial charge in [-0.3, -0.25) is 4.90 Å². The molecule has 0 aliphatic carbocycles. The summed E-state index contributed by atoms with van der Waals surface area (Å²) < 4.78 is 32.7. The number of hydrogen-bond acceptors (Lipinski definition) is 6. The fourth-order valence-corrected chi connectivity index (χ4v) is 4.09. The Kier molecular flexibility index (Phi) is 9.11. The molecule has 0 aliphatic heterocycles. The summed E-state index contributed by atoms with van der Waals surface area (Å²) in [6.45, 7) is 6.25. The van der Waals surface area contributed by atoms with E-state index < -0.39 is 6.10 Å². The van der Waals surface area contributed by atoms with Crippen molar-refractivity contribution in [2.45, 2.75) is 33.0 Å². The molecular formula is C29H34FN3O4. The summed E-state index contributed by atoms with van der Waals surface area (Å²) >= 11 is 0. The van der Waals surface area contributed by atoms with Crippen molar-refractivity contribution >= 4 is 0 Å². The van der Waals surface area contributed by atoms with Gasteiger partial charge < -0.3 is 19.0 Å². The maximum Gasteiger partial charge on any atom is 0.222 e. The van der Waals surface area contributed by atoms with Crippen molar-refractivity contribution in [3.05, 3.63) is 90.1 Å². The molecule has 1 N–H and O–H groups in total. The van der Waals surface area contributed by atoms with Crippen LogP contribution in [-0.4, -0.2) is 45.6 Å². The van der Waals surface area contributed by atoms with Gasteiger partial charge in [-0.15, -0.1) is 0 Å². The highest BCUT2D eigenvalue weighted by molar-refractivity contribution is 5.65. The van der Waals surface area contributed by atoms with Gasteiger partial charge in [0.1, 0.15) is 23.0 Å². The van der Waals surface area contributed by atoms with Crippen LogP contribution in [0.2, 0.25) is 0 Å². The molecule has 2 heterocycles. The fraction of sp³-hybridized carbons (Fsp3) is 0.345. The van der Waals surface area contributed by atoms with Crippen LogP contribution in [0, 0.1) is 11.7 Å². The second kappa shape index (κ2) is 12.7. The Morgan fingerprint density at radius 3 is 2.43 bits per heavy atom. The predicted octanol–water partition coefficient (Wildman–Crippen LogP) is 5.65. The minimum Gasteiger partial charge on any atom is -0.468 e. The highest BCUT2D eigenvalue weighted by Crippen LogP contribution is 2.34.